The maximum absolute atomic E-state index is 12.9. The topological polar surface area (TPSA) is 74.2 Å². The van der Waals surface area contributed by atoms with E-state index in [0.717, 1.165) is 10.6 Å². The molecular formula is C16H20Cl2FN3O2S. The smallest absolute Gasteiger partial charge is 0.270 e. The Labute approximate surface area is 161 Å². The molecule has 1 fully saturated rings. The monoisotopic (exact) mass is 407 g/mol. The van der Waals surface area contributed by atoms with Crippen molar-refractivity contribution < 1.29 is 14.3 Å². The van der Waals surface area contributed by atoms with Crippen LogP contribution >= 0.6 is 36.2 Å². The Bertz CT molecular complexity index is 684. The Morgan fingerprint density at radius 2 is 2.04 bits per heavy atom. The zero-order valence-corrected chi connectivity index (χ0v) is 15.7. The molecule has 3 rings (SSSR count). The lowest BCUT2D eigenvalue weighted by Crippen LogP contribution is -2.34. The summed E-state index contributed by atoms with van der Waals surface area (Å²) >= 11 is 1.41. The predicted octanol–water partition coefficient (Wildman–Crippen LogP) is 2.03. The third-order valence-corrected chi connectivity index (χ3v) is 4.73. The average Bonchev–Trinajstić information content (AvgIpc) is 3.16. The minimum Gasteiger partial charge on any atom is -0.391 e. The summed E-state index contributed by atoms with van der Waals surface area (Å²) < 4.78 is 12.9. The van der Waals surface area contributed by atoms with Gasteiger partial charge in [-0.05, 0) is 17.7 Å². The van der Waals surface area contributed by atoms with E-state index in [2.05, 4.69) is 15.6 Å². The van der Waals surface area contributed by atoms with Crippen LogP contribution in [-0.4, -0.2) is 41.7 Å². The molecule has 5 nitrogen and oxygen atoms in total. The largest absolute Gasteiger partial charge is 0.391 e. The van der Waals surface area contributed by atoms with Crippen LogP contribution in [0, 0.1) is 11.7 Å². The van der Waals surface area contributed by atoms with Gasteiger partial charge in [-0.15, -0.1) is 36.2 Å². The standard InChI is InChI=1S/C16H18FN3O2S.2ClH/c17-12-3-1-10(2-4-12)5-15-20-13(9-23-15)16(22)19-7-11-6-18-8-14(11)21;;/h1-4,9,11,14,18,21H,5-8H2,(H,19,22);2*1H. The molecule has 1 saturated heterocycles. The number of thiazole rings is 1. The molecule has 3 N–H and O–H groups in total. The number of aliphatic hydroxyl groups excluding tert-OH is 1. The number of nitrogens with zero attached hydrogens (tertiary/aromatic N) is 1. The number of aromatic nitrogens is 1. The Morgan fingerprint density at radius 3 is 2.68 bits per heavy atom. The highest BCUT2D eigenvalue weighted by molar-refractivity contribution is 7.09. The molecule has 2 unspecified atom stereocenters. The SMILES string of the molecule is Cl.Cl.O=C(NCC1CNCC1O)c1csc(Cc2ccc(F)cc2)n1. The van der Waals surface area contributed by atoms with Crippen LogP contribution in [0.5, 0.6) is 0 Å². The zero-order chi connectivity index (χ0) is 16.2. The maximum atomic E-state index is 12.9. The number of halogens is 3. The van der Waals surface area contributed by atoms with Crippen molar-refractivity contribution in [1.82, 2.24) is 15.6 Å². The van der Waals surface area contributed by atoms with Gasteiger partial charge in [0.1, 0.15) is 11.5 Å². The van der Waals surface area contributed by atoms with Crippen LogP contribution in [0.4, 0.5) is 4.39 Å². The molecule has 1 aliphatic heterocycles. The van der Waals surface area contributed by atoms with Gasteiger partial charge in [0.25, 0.3) is 5.91 Å². The fourth-order valence-corrected chi connectivity index (χ4v) is 3.32. The second-order valence-electron chi connectivity index (χ2n) is 5.63. The lowest BCUT2D eigenvalue weighted by Gasteiger charge is -2.13. The van der Waals surface area contributed by atoms with Crippen molar-refractivity contribution in [2.75, 3.05) is 19.6 Å². The fourth-order valence-electron chi connectivity index (χ4n) is 2.52. The predicted molar refractivity (Wildman–Crippen MR) is 101 cm³/mol. The van der Waals surface area contributed by atoms with Gasteiger partial charge in [-0.2, -0.15) is 0 Å². The van der Waals surface area contributed by atoms with Crippen molar-refractivity contribution in [3.05, 3.63) is 51.7 Å². The summed E-state index contributed by atoms with van der Waals surface area (Å²) in [5.41, 5.74) is 1.33. The normalized spacial score (nSPS) is 19.0. The number of carbonyl (C=O) groups excluding carboxylic acids is 1. The number of β-amino-alcohol motifs (C(OH)–C–C–N with tert-alkyl or cyclic N) is 1. The van der Waals surface area contributed by atoms with Gasteiger partial charge in [0.05, 0.1) is 11.1 Å². The van der Waals surface area contributed by atoms with Crippen molar-refractivity contribution in [2.24, 2.45) is 5.92 Å². The van der Waals surface area contributed by atoms with E-state index in [1.165, 1.54) is 23.5 Å². The summed E-state index contributed by atoms with van der Waals surface area (Å²) in [7, 11) is 0. The highest BCUT2D eigenvalue weighted by Crippen LogP contribution is 2.15. The molecule has 1 aromatic heterocycles. The fraction of sp³-hybridized carbons (Fsp3) is 0.375. The summed E-state index contributed by atoms with van der Waals surface area (Å²) in [6, 6.07) is 6.25. The highest BCUT2D eigenvalue weighted by atomic mass is 35.5. The molecule has 0 aliphatic carbocycles. The first-order valence-corrected chi connectivity index (χ1v) is 8.35. The number of carbonyl (C=O) groups is 1. The van der Waals surface area contributed by atoms with Gasteiger partial charge in [-0.1, -0.05) is 12.1 Å². The van der Waals surface area contributed by atoms with Gasteiger partial charge in [-0.25, -0.2) is 9.37 Å². The van der Waals surface area contributed by atoms with Crippen LogP contribution < -0.4 is 10.6 Å². The van der Waals surface area contributed by atoms with Crippen LogP contribution in [-0.2, 0) is 6.42 Å². The van der Waals surface area contributed by atoms with Gasteiger partial charge >= 0.3 is 0 Å². The molecule has 0 radical (unpaired) electrons. The first-order valence-electron chi connectivity index (χ1n) is 7.47. The molecule has 1 aromatic carbocycles. The van der Waals surface area contributed by atoms with E-state index in [4.69, 9.17) is 0 Å². The number of nitrogens with one attached hydrogen (secondary N) is 2. The van der Waals surface area contributed by atoms with E-state index in [9.17, 15) is 14.3 Å². The molecule has 2 atom stereocenters. The number of amides is 1. The molecular weight excluding hydrogens is 388 g/mol. The molecule has 138 valence electrons. The molecule has 9 heteroatoms. The van der Waals surface area contributed by atoms with Gasteiger partial charge in [-0.3, -0.25) is 4.79 Å². The summed E-state index contributed by atoms with van der Waals surface area (Å²) in [5.74, 6) is -0.460. The number of rotatable bonds is 5. The number of hydrogen-bond acceptors (Lipinski definition) is 5. The quantitative estimate of drug-likeness (QED) is 0.708. The summed E-state index contributed by atoms with van der Waals surface area (Å²) in [6.07, 6.45) is 0.156. The molecule has 1 amide bonds. The van der Waals surface area contributed by atoms with Gasteiger partial charge in [0, 0.05) is 37.4 Å². The minimum absolute atomic E-state index is 0. The van der Waals surface area contributed by atoms with Crippen LogP contribution in [0.15, 0.2) is 29.6 Å². The molecule has 1 aliphatic rings. The van der Waals surface area contributed by atoms with Crippen molar-refractivity contribution in [1.29, 1.82) is 0 Å². The molecule has 25 heavy (non-hydrogen) atoms. The Kier molecular flexibility index (Phi) is 8.75. The van der Waals surface area contributed by atoms with E-state index in [1.807, 2.05) is 0 Å². The van der Waals surface area contributed by atoms with Crippen molar-refractivity contribution >= 4 is 42.1 Å². The number of benzene rings is 1. The van der Waals surface area contributed by atoms with Gasteiger partial charge < -0.3 is 15.7 Å². The maximum Gasteiger partial charge on any atom is 0.270 e. The van der Waals surface area contributed by atoms with Crippen LogP contribution in [0.25, 0.3) is 0 Å². The third kappa shape index (κ3) is 5.90. The molecule has 2 heterocycles. The van der Waals surface area contributed by atoms with E-state index >= 15 is 0 Å². The van der Waals surface area contributed by atoms with Crippen molar-refractivity contribution in [3.63, 3.8) is 0 Å². The van der Waals surface area contributed by atoms with Crippen LogP contribution in [0.3, 0.4) is 0 Å². The molecule has 0 bridgehead atoms. The second-order valence-corrected chi connectivity index (χ2v) is 6.57. The number of hydrogen-bond donors (Lipinski definition) is 3. The molecule has 0 saturated carbocycles. The van der Waals surface area contributed by atoms with Gasteiger partial charge in [0.2, 0.25) is 0 Å². The lowest BCUT2D eigenvalue weighted by molar-refractivity contribution is 0.0922. The Hall–Kier alpha value is -1.25. The van der Waals surface area contributed by atoms with Crippen LogP contribution in [0.1, 0.15) is 21.1 Å². The second kappa shape index (κ2) is 10.0. The van der Waals surface area contributed by atoms with Crippen LogP contribution in [0.2, 0.25) is 0 Å². The van der Waals surface area contributed by atoms with E-state index in [0.29, 0.717) is 31.7 Å². The van der Waals surface area contributed by atoms with Gasteiger partial charge in [0.15, 0.2) is 0 Å². The van der Waals surface area contributed by atoms with Crippen molar-refractivity contribution in [3.8, 4) is 0 Å². The molecule has 0 spiro atoms. The highest BCUT2D eigenvalue weighted by Gasteiger charge is 2.25. The Balaban J connectivity index is 0.00000156. The number of aliphatic hydroxyl groups is 1. The van der Waals surface area contributed by atoms with E-state index in [-0.39, 0.29) is 42.5 Å². The average molecular weight is 408 g/mol. The molecule has 2 aromatic rings. The Morgan fingerprint density at radius 1 is 1.32 bits per heavy atom. The third-order valence-electron chi connectivity index (χ3n) is 3.88. The first-order chi connectivity index (χ1) is 11.1. The van der Waals surface area contributed by atoms with E-state index in [1.54, 1.807) is 17.5 Å². The first kappa shape index (κ1) is 21.8. The minimum atomic E-state index is -0.417. The summed E-state index contributed by atoms with van der Waals surface area (Å²) in [4.78, 5) is 16.4. The van der Waals surface area contributed by atoms with E-state index < -0.39 is 6.10 Å². The summed E-state index contributed by atoms with van der Waals surface area (Å²) in [6.45, 7) is 1.70. The summed E-state index contributed by atoms with van der Waals surface area (Å²) in [5, 5.41) is 18.1. The lowest BCUT2D eigenvalue weighted by atomic mass is 10.1. The zero-order valence-electron chi connectivity index (χ0n) is 13.3. The van der Waals surface area contributed by atoms with Crippen molar-refractivity contribution in [2.45, 2.75) is 12.5 Å².